The molecule has 1 N–H and O–H groups in total. The minimum Gasteiger partial charge on any atom is -0.432 e. The molecule has 0 aliphatic carbocycles. The Balaban J connectivity index is 2.23. The first-order chi connectivity index (χ1) is 4.30. The summed E-state index contributed by atoms with van der Waals surface area (Å²) in [5.74, 6) is 0. The van der Waals surface area contributed by atoms with Gasteiger partial charge in [0.15, 0.2) is 13.2 Å². The van der Waals surface area contributed by atoms with Gasteiger partial charge in [0.1, 0.15) is 0 Å². The topological polar surface area (TPSA) is 16.0 Å². The molecule has 9 heavy (non-hydrogen) atoms. The first-order valence-corrected chi connectivity index (χ1v) is 3.68. The van der Waals surface area contributed by atoms with Crippen molar-refractivity contribution in [3.8, 4) is 0 Å². The SMILES string of the molecule is CC(C)N1CC[OH+]CC1. The number of morpholine rings is 1. The van der Waals surface area contributed by atoms with Crippen molar-refractivity contribution in [1.82, 2.24) is 4.90 Å². The number of ether oxygens (including phenoxy) is 1. The molecule has 1 rings (SSSR count). The van der Waals surface area contributed by atoms with E-state index in [1.54, 1.807) is 0 Å². The van der Waals surface area contributed by atoms with Crippen LogP contribution in [0, 0.1) is 0 Å². The lowest BCUT2D eigenvalue weighted by Gasteiger charge is -2.27. The third-order valence-electron chi connectivity index (χ3n) is 1.82. The van der Waals surface area contributed by atoms with E-state index in [9.17, 15) is 0 Å². The molecule has 0 bridgehead atoms. The van der Waals surface area contributed by atoms with Gasteiger partial charge in [0.25, 0.3) is 0 Å². The van der Waals surface area contributed by atoms with Crippen molar-refractivity contribution in [2.45, 2.75) is 19.9 Å². The average Bonchev–Trinajstić information content (AvgIpc) is 1.90. The van der Waals surface area contributed by atoms with Crippen molar-refractivity contribution in [3.63, 3.8) is 0 Å². The molecule has 1 aliphatic heterocycles. The van der Waals surface area contributed by atoms with Gasteiger partial charge in [0, 0.05) is 6.04 Å². The van der Waals surface area contributed by atoms with E-state index >= 15 is 0 Å². The second kappa shape index (κ2) is 3.18. The van der Waals surface area contributed by atoms with Gasteiger partial charge in [0.2, 0.25) is 0 Å². The van der Waals surface area contributed by atoms with Gasteiger partial charge in [-0.05, 0) is 13.8 Å². The number of nitrogens with zero attached hydrogens (tertiary/aromatic N) is 1. The zero-order chi connectivity index (χ0) is 6.69. The molecule has 2 nitrogen and oxygen atoms in total. The Morgan fingerprint density at radius 3 is 2.11 bits per heavy atom. The van der Waals surface area contributed by atoms with Crippen LogP contribution < -0.4 is 0 Å². The van der Waals surface area contributed by atoms with Gasteiger partial charge in [-0.1, -0.05) is 0 Å². The summed E-state index contributed by atoms with van der Waals surface area (Å²) >= 11 is 0. The molecular formula is C7H16NO+. The molecule has 54 valence electrons. The molecule has 1 fully saturated rings. The third kappa shape index (κ3) is 1.95. The van der Waals surface area contributed by atoms with E-state index in [0.29, 0.717) is 6.04 Å². The molecule has 0 atom stereocenters. The zero-order valence-electron chi connectivity index (χ0n) is 6.30. The fourth-order valence-electron chi connectivity index (χ4n) is 1.14. The largest absolute Gasteiger partial charge is 0.432 e. The fourth-order valence-corrected chi connectivity index (χ4v) is 1.14. The second-order valence-electron chi connectivity index (χ2n) is 2.80. The first kappa shape index (κ1) is 7.03. The van der Waals surface area contributed by atoms with Gasteiger partial charge in [-0.2, -0.15) is 0 Å². The summed E-state index contributed by atoms with van der Waals surface area (Å²) in [6, 6.07) is 0.709. The second-order valence-corrected chi connectivity index (χ2v) is 2.80. The van der Waals surface area contributed by atoms with Crippen molar-refractivity contribution in [3.05, 3.63) is 0 Å². The summed E-state index contributed by atoms with van der Waals surface area (Å²) in [5.41, 5.74) is 0. The van der Waals surface area contributed by atoms with Crippen LogP contribution in [0.2, 0.25) is 0 Å². The average molecular weight is 130 g/mol. The number of rotatable bonds is 1. The van der Waals surface area contributed by atoms with Gasteiger partial charge in [0.05, 0.1) is 13.1 Å². The van der Waals surface area contributed by atoms with E-state index in [-0.39, 0.29) is 0 Å². The summed E-state index contributed by atoms with van der Waals surface area (Å²) < 4.78 is 4.27. The van der Waals surface area contributed by atoms with Crippen LogP contribution in [0.5, 0.6) is 0 Å². The minimum atomic E-state index is 0.709. The van der Waals surface area contributed by atoms with E-state index in [1.807, 2.05) is 0 Å². The predicted molar refractivity (Wildman–Crippen MR) is 38.7 cm³/mol. The Bertz CT molecular complexity index is 77.0. The molecule has 0 radical (unpaired) electrons. The summed E-state index contributed by atoms with van der Waals surface area (Å²) in [6.45, 7) is 8.89. The highest BCUT2D eigenvalue weighted by Crippen LogP contribution is 1.99. The van der Waals surface area contributed by atoms with Crippen molar-refractivity contribution in [1.29, 1.82) is 0 Å². The summed E-state index contributed by atoms with van der Waals surface area (Å²) in [4.78, 5) is 2.47. The van der Waals surface area contributed by atoms with Gasteiger partial charge in [-0.25, -0.2) is 0 Å². The Kier molecular flexibility index (Phi) is 2.49. The van der Waals surface area contributed by atoms with Crippen LogP contribution in [0.1, 0.15) is 13.8 Å². The Labute approximate surface area is 56.8 Å². The Morgan fingerprint density at radius 1 is 1.22 bits per heavy atom. The highest BCUT2D eigenvalue weighted by Gasteiger charge is 2.15. The molecule has 1 aliphatic rings. The Hall–Kier alpha value is -0.0800. The standard InChI is InChI=1S/C7H15NO/c1-7(2)8-3-5-9-6-4-8/h7H,3-6H2,1-2H3/p+1. The molecule has 0 unspecified atom stereocenters. The molecule has 0 amide bonds. The lowest BCUT2D eigenvalue weighted by atomic mass is 10.3. The van der Waals surface area contributed by atoms with Crippen LogP contribution >= 0.6 is 0 Å². The van der Waals surface area contributed by atoms with Crippen molar-refractivity contribution in [2.24, 2.45) is 0 Å². The minimum absolute atomic E-state index is 0.709. The van der Waals surface area contributed by atoms with Crippen molar-refractivity contribution < 1.29 is 4.74 Å². The van der Waals surface area contributed by atoms with Gasteiger partial charge >= 0.3 is 0 Å². The van der Waals surface area contributed by atoms with Crippen molar-refractivity contribution >= 4 is 0 Å². The van der Waals surface area contributed by atoms with Crippen molar-refractivity contribution in [2.75, 3.05) is 26.3 Å². The van der Waals surface area contributed by atoms with Crippen LogP contribution in [0.25, 0.3) is 0 Å². The maximum Gasteiger partial charge on any atom is 0.157 e. The smallest absolute Gasteiger partial charge is 0.157 e. The molecule has 0 aromatic heterocycles. The Morgan fingerprint density at radius 2 is 1.78 bits per heavy atom. The maximum absolute atomic E-state index is 4.27. The van der Waals surface area contributed by atoms with E-state index in [2.05, 4.69) is 23.5 Å². The zero-order valence-corrected chi connectivity index (χ0v) is 6.30. The molecule has 2 heteroatoms. The van der Waals surface area contributed by atoms with Crippen LogP contribution in [-0.2, 0) is 0 Å². The van der Waals surface area contributed by atoms with E-state index in [1.165, 1.54) is 0 Å². The van der Waals surface area contributed by atoms with Crippen LogP contribution in [-0.4, -0.2) is 42.0 Å². The van der Waals surface area contributed by atoms with Crippen LogP contribution in [0.3, 0.4) is 0 Å². The molecule has 0 spiro atoms. The van der Waals surface area contributed by atoms with Gasteiger partial charge in [-0.15, -0.1) is 0 Å². The van der Waals surface area contributed by atoms with E-state index in [0.717, 1.165) is 26.3 Å². The lowest BCUT2D eigenvalue weighted by molar-refractivity contribution is -0.0966. The summed E-state index contributed by atoms with van der Waals surface area (Å²) in [7, 11) is 0. The number of hydrogen-bond donors (Lipinski definition) is 0. The highest BCUT2D eigenvalue weighted by molar-refractivity contribution is 4.64. The third-order valence-corrected chi connectivity index (χ3v) is 1.82. The molecular weight excluding hydrogens is 114 g/mol. The van der Waals surface area contributed by atoms with Gasteiger partial charge in [-0.3, -0.25) is 4.90 Å². The van der Waals surface area contributed by atoms with E-state index in [4.69, 9.17) is 0 Å². The first-order valence-electron chi connectivity index (χ1n) is 3.68. The molecule has 0 aromatic carbocycles. The quantitative estimate of drug-likeness (QED) is 0.464. The lowest BCUT2D eigenvalue weighted by Crippen LogP contribution is -2.42. The van der Waals surface area contributed by atoms with E-state index < -0.39 is 0 Å². The van der Waals surface area contributed by atoms with Crippen LogP contribution in [0.4, 0.5) is 0 Å². The number of aliphatic hydroxyl groups is 2. The predicted octanol–water partition coefficient (Wildman–Crippen LogP) is 0.238. The maximum atomic E-state index is 4.27. The summed E-state index contributed by atoms with van der Waals surface area (Å²) in [5, 5.41) is 0. The molecule has 1 saturated heterocycles. The van der Waals surface area contributed by atoms with Gasteiger partial charge < -0.3 is 4.74 Å². The summed E-state index contributed by atoms with van der Waals surface area (Å²) in [6.07, 6.45) is 0. The molecule has 0 saturated carbocycles. The number of hydrogen-bond acceptors (Lipinski definition) is 1. The normalized spacial score (nSPS) is 23.0. The molecule has 1 heterocycles. The molecule has 0 aromatic rings. The monoisotopic (exact) mass is 130 g/mol. The fraction of sp³-hybridized carbons (Fsp3) is 1.00. The van der Waals surface area contributed by atoms with Crippen LogP contribution in [0.15, 0.2) is 0 Å². The highest BCUT2D eigenvalue weighted by atomic mass is 16.5.